The summed E-state index contributed by atoms with van der Waals surface area (Å²) in [4.78, 5) is 14.0. The molecule has 0 saturated carbocycles. The van der Waals surface area contributed by atoms with Gasteiger partial charge < -0.3 is 20.5 Å². The van der Waals surface area contributed by atoms with E-state index >= 15 is 0 Å². The quantitative estimate of drug-likeness (QED) is 0.704. The van der Waals surface area contributed by atoms with Gasteiger partial charge in [0.15, 0.2) is 18.2 Å². The highest BCUT2D eigenvalue weighted by Crippen LogP contribution is 2.27. The Labute approximate surface area is 172 Å². The SMILES string of the molecule is CC.Fc1cccc2c1OCCC2.NC(=O)NCc1ccnc(OCC(F)(F)F)c1. The lowest BCUT2D eigenvalue weighted by Crippen LogP contribution is -2.28. The molecule has 6 nitrogen and oxygen atoms in total. The summed E-state index contributed by atoms with van der Waals surface area (Å²) in [6, 6.07) is 7.17. The zero-order chi connectivity index (χ0) is 22.6. The minimum atomic E-state index is -4.41. The Hall–Kier alpha value is -3.04. The monoisotopic (exact) mass is 431 g/mol. The Bertz CT molecular complexity index is 801. The molecular weight excluding hydrogens is 406 g/mol. The fourth-order valence-corrected chi connectivity index (χ4v) is 2.33. The molecule has 0 spiro atoms. The zero-order valence-electron chi connectivity index (χ0n) is 16.8. The third kappa shape index (κ3) is 9.44. The molecule has 2 aromatic rings. The maximum Gasteiger partial charge on any atom is 0.422 e. The second-order valence-corrected chi connectivity index (χ2v) is 5.80. The number of halogens is 4. The second kappa shape index (κ2) is 12.5. The molecule has 2 heterocycles. The number of hydrogen-bond acceptors (Lipinski definition) is 4. The van der Waals surface area contributed by atoms with Gasteiger partial charge in [-0.25, -0.2) is 14.2 Å². The van der Waals surface area contributed by atoms with Crippen LogP contribution in [-0.4, -0.2) is 30.4 Å². The fraction of sp³-hybridized carbons (Fsp3) is 0.400. The number of primary amides is 1. The summed E-state index contributed by atoms with van der Waals surface area (Å²) in [5.74, 6) is 0.0621. The third-order valence-electron chi connectivity index (χ3n) is 3.54. The number of aryl methyl sites for hydroxylation is 1. The van der Waals surface area contributed by atoms with Crippen LogP contribution in [-0.2, 0) is 13.0 Å². The number of para-hydroxylation sites is 1. The highest BCUT2D eigenvalue weighted by molar-refractivity contribution is 5.71. The summed E-state index contributed by atoms with van der Waals surface area (Å²) in [6.45, 7) is 3.33. The predicted octanol–water partition coefficient (Wildman–Crippen LogP) is 4.37. The number of hydrogen-bond donors (Lipinski definition) is 2. The first-order valence-electron chi connectivity index (χ1n) is 9.32. The lowest BCUT2D eigenvalue weighted by molar-refractivity contribution is -0.154. The molecule has 1 aliphatic heterocycles. The van der Waals surface area contributed by atoms with E-state index in [9.17, 15) is 22.4 Å². The first-order valence-corrected chi connectivity index (χ1v) is 9.32. The number of rotatable bonds is 4. The average molecular weight is 431 g/mol. The van der Waals surface area contributed by atoms with Crippen molar-refractivity contribution in [2.75, 3.05) is 13.2 Å². The van der Waals surface area contributed by atoms with Crippen molar-refractivity contribution in [1.29, 1.82) is 0 Å². The smallest absolute Gasteiger partial charge is 0.422 e. The summed E-state index contributed by atoms with van der Waals surface area (Å²) in [5.41, 5.74) is 6.38. The number of ether oxygens (including phenoxy) is 2. The van der Waals surface area contributed by atoms with E-state index in [0.29, 0.717) is 17.9 Å². The molecule has 166 valence electrons. The first-order chi connectivity index (χ1) is 14.2. The minimum Gasteiger partial charge on any atom is -0.490 e. The normalized spacial score (nSPS) is 12.1. The summed E-state index contributed by atoms with van der Waals surface area (Å²) < 4.78 is 58.2. The van der Waals surface area contributed by atoms with Gasteiger partial charge in [0.25, 0.3) is 0 Å². The number of fused-ring (bicyclic) bond motifs is 1. The van der Waals surface area contributed by atoms with Gasteiger partial charge in [0, 0.05) is 18.8 Å². The Morgan fingerprint density at radius 2 is 2.03 bits per heavy atom. The van der Waals surface area contributed by atoms with Crippen molar-refractivity contribution in [3.63, 3.8) is 0 Å². The molecular formula is C20H25F4N3O3. The van der Waals surface area contributed by atoms with Crippen molar-refractivity contribution in [3.05, 3.63) is 53.5 Å². The number of nitrogens with one attached hydrogen (secondary N) is 1. The molecule has 0 aliphatic carbocycles. The topological polar surface area (TPSA) is 86.5 Å². The molecule has 0 atom stereocenters. The Balaban J connectivity index is 0.000000296. The summed E-state index contributed by atoms with van der Waals surface area (Å²) in [6.07, 6.45) is -1.20. The molecule has 30 heavy (non-hydrogen) atoms. The van der Waals surface area contributed by atoms with E-state index < -0.39 is 18.8 Å². The van der Waals surface area contributed by atoms with E-state index in [4.69, 9.17) is 10.5 Å². The van der Waals surface area contributed by atoms with Crippen molar-refractivity contribution >= 4 is 6.03 Å². The second-order valence-electron chi connectivity index (χ2n) is 5.80. The Kier molecular flexibility index (Phi) is 10.4. The lowest BCUT2D eigenvalue weighted by Gasteiger charge is -2.16. The average Bonchev–Trinajstić information content (AvgIpc) is 2.73. The summed E-state index contributed by atoms with van der Waals surface area (Å²) in [7, 11) is 0. The van der Waals surface area contributed by atoms with Gasteiger partial charge in [0.05, 0.1) is 6.61 Å². The van der Waals surface area contributed by atoms with Gasteiger partial charge in [-0.3, -0.25) is 0 Å². The van der Waals surface area contributed by atoms with Crippen molar-refractivity contribution in [2.24, 2.45) is 5.73 Å². The van der Waals surface area contributed by atoms with Gasteiger partial charge in [-0.15, -0.1) is 0 Å². The van der Waals surface area contributed by atoms with Gasteiger partial charge in [-0.1, -0.05) is 26.0 Å². The van der Waals surface area contributed by atoms with Crippen molar-refractivity contribution < 1.29 is 31.8 Å². The van der Waals surface area contributed by atoms with Gasteiger partial charge >= 0.3 is 12.2 Å². The summed E-state index contributed by atoms with van der Waals surface area (Å²) in [5, 5.41) is 2.29. The van der Waals surface area contributed by atoms with Gasteiger partial charge in [0.1, 0.15) is 0 Å². The standard InChI is InChI=1S/C9H10F3N3O2.C9H9FO.C2H6/c10-9(11,12)5-17-7-3-6(1-2-14-7)4-15-8(13)16;10-8-5-1-3-7-4-2-6-11-9(7)8;1-2/h1-3H,4-5H2,(H3,13,15,16);1,3,5H,2,4,6H2;1-2H3. The van der Waals surface area contributed by atoms with Crippen LogP contribution in [0, 0.1) is 5.82 Å². The number of alkyl halides is 3. The first kappa shape index (κ1) is 25.0. The van der Waals surface area contributed by atoms with Gasteiger partial charge in [0.2, 0.25) is 5.88 Å². The van der Waals surface area contributed by atoms with Crippen molar-refractivity contribution in [1.82, 2.24) is 10.3 Å². The van der Waals surface area contributed by atoms with Crippen LogP contribution in [0.3, 0.4) is 0 Å². The number of nitrogens with zero attached hydrogens (tertiary/aromatic N) is 1. The van der Waals surface area contributed by atoms with E-state index in [-0.39, 0.29) is 18.2 Å². The number of amides is 2. The molecule has 0 unspecified atom stereocenters. The summed E-state index contributed by atoms with van der Waals surface area (Å²) >= 11 is 0. The van der Waals surface area contributed by atoms with Gasteiger partial charge in [-0.05, 0) is 36.1 Å². The molecule has 1 aliphatic rings. The number of urea groups is 1. The van der Waals surface area contributed by atoms with E-state index in [1.807, 2.05) is 19.9 Å². The molecule has 0 fully saturated rings. The van der Waals surface area contributed by atoms with E-state index in [2.05, 4.69) is 15.0 Å². The molecule has 1 aromatic carbocycles. The van der Waals surface area contributed by atoms with Crippen LogP contribution < -0.4 is 20.5 Å². The van der Waals surface area contributed by atoms with Crippen LogP contribution in [0.15, 0.2) is 36.5 Å². The number of aromatic nitrogens is 1. The maximum absolute atomic E-state index is 12.9. The maximum atomic E-state index is 12.9. The highest BCUT2D eigenvalue weighted by atomic mass is 19.4. The van der Waals surface area contributed by atoms with Crippen LogP contribution in [0.2, 0.25) is 0 Å². The van der Waals surface area contributed by atoms with E-state index in [0.717, 1.165) is 18.4 Å². The van der Waals surface area contributed by atoms with Crippen molar-refractivity contribution in [3.8, 4) is 11.6 Å². The molecule has 1 aromatic heterocycles. The molecule has 0 radical (unpaired) electrons. The third-order valence-corrected chi connectivity index (χ3v) is 3.54. The van der Waals surface area contributed by atoms with Crippen LogP contribution >= 0.6 is 0 Å². The van der Waals surface area contributed by atoms with Crippen LogP contribution in [0.5, 0.6) is 11.6 Å². The molecule has 2 amide bonds. The van der Waals surface area contributed by atoms with E-state index in [1.54, 1.807) is 6.07 Å². The van der Waals surface area contributed by atoms with E-state index in [1.165, 1.54) is 24.4 Å². The van der Waals surface area contributed by atoms with Crippen LogP contribution in [0.1, 0.15) is 31.4 Å². The molecule has 3 N–H and O–H groups in total. The predicted molar refractivity (Wildman–Crippen MR) is 104 cm³/mol. The van der Waals surface area contributed by atoms with Crippen LogP contribution in [0.4, 0.5) is 22.4 Å². The zero-order valence-corrected chi connectivity index (χ0v) is 16.8. The fourth-order valence-electron chi connectivity index (χ4n) is 2.33. The number of benzene rings is 1. The van der Waals surface area contributed by atoms with Gasteiger partial charge in [-0.2, -0.15) is 13.2 Å². The number of carbonyl (C=O) groups excluding carboxylic acids is 1. The Morgan fingerprint density at radius 1 is 1.30 bits per heavy atom. The highest BCUT2D eigenvalue weighted by Gasteiger charge is 2.28. The number of pyridine rings is 1. The molecule has 0 saturated heterocycles. The largest absolute Gasteiger partial charge is 0.490 e. The van der Waals surface area contributed by atoms with Crippen LogP contribution in [0.25, 0.3) is 0 Å². The number of carbonyl (C=O) groups is 1. The number of nitrogens with two attached hydrogens (primary N) is 1. The Morgan fingerprint density at radius 3 is 2.67 bits per heavy atom. The molecule has 0 bridgehead atoms. The molecule has 10 heteroatoms. The minimum absolute atomic E-state index is 0.0975. The molecule has 3 rings (SSSR count). The lowest BCUT2D eigenvalue weighted by atomic mass is 10.1. The van der Waals surface area contributed by atoms with Crippen molar-refractivity contribution in [2.45, 2.75) is 39.4 Å².